The van der Waals surface area contributed by atoms with Crippen molar-refractivity contribution in [2.75, 3.05) is 13.1 Å². The van der Waals surface area contributed by atoms with Crippen LogP contribution in [0, 0.1) is 0 Å². The summed E-state index contributed by atoms with van der Waals surface area (Å²) in [6, 6.07) is 9.74. The van der Waals surface area contributed by atoms with E-state index in [-0.39, 0.29) is 18.9 Å². The number of hydrogen-bond donors (Lipinski definition) is 2. The van der Waals surface area contributed by atoms with Gasteiger partial charge in [0.1, 0.15) is 11.3 Å². The standard InChI is InChI=1S/C17H18N6O2/c24-16(22-7-6-17(25,12-22)15-10-18-21-20-15)8-13-9-19-23(11-13)14-4-2-1-3-5-14/h1-5,9-11,25H,6-8,12H2,(H,18,20,21)/t17-/m0/s1. The first-order chi connectivity index (χ1) is 12.1. The molecule has 0 radical (unpaired) electrons. The summed E-state index contributed by atoms with van der Waals surface area (Å²) in [4.78, 5) is 14.2. The van der Waals surface area contributed by atoms with Crippen molar-refractivity contribution in [1.29, 1.82) is 0 Å². The fraction of sp³-hybridized carbons (Fsp3) is 0.294. The van der Waals surface area contributed by atoms with Crippen molar-refractivity contribution in [3.05, 3.63) is 60.2 Å². The Labute approximate surface area is 144 Å². The van der Waals surface area contributed by atoms with Crippen LogP contribution in [0.3, 0.4) is 0 Å². The lowest BCUT2D eigenvalue weighted by Crippen LogP contribution is -2.35. The summed E-state index contributed by atoms with van der Waals surface area (Å²) in [6.07, 6.45) is 5.76. The minimum absolute atomic E-state index is 0.0352. The van der Waals surface area contributed by atoms with Crippen LogP contribution in [0.4, 0.5) is 0 Å². The maximum absolute atomic E-state index is 12.6. The number of carbonyl (C=O) groups is 1. The summed E-state index contributed by atoms with van der Waals surface area (Å²) in [5.74, 6) is -0.0352. The Hall–Kier alpha value is -3.00. The number of nitrogens with one attached hydrogen (secondary N) is 1. The minimum Gasteiger partial charge on any atom is -0.381 e. The highest BCUT2D eigenvalue weighted by atomic mass is 16.3. The average Bonchev–Trinajstić information content (AvgIpc) is 3.36. The molecule has 8 nitrogen and oxygen atoms in total. The number of benzene rings is 1. The molecular formula is C17H18N6O2. The molecule has 1 atom stereocenters. The first kappa shape index (κ1) is 15.5. The molecule has 1 fully saturated rings. The summed E-state index contributed by atoms with van der Waals surface area (Å²) < 4.78 is 1.75. The van der Waals surface area contributed by atoms with Crippen molar-refractivity contribution in [3.63, 3.8) is 0 Å². The number of nitrogens with zero attached hydrogens (tertiary/aromatic N) is 5. The van der Waals surface area contributed by atoms with Gasteiger partial charge < -0.3 is 10.0 Å². The van der Waals surface area contributed by atoms with Crippen molar-refractivity contribution in [2.24, 2.45) is 0 Å². The van der Waals surface area contributed by atoms with Gasteiger partial charge in [0, 0.05) is 19.2 Å². The average molecular weight is 338 g/mol. The quantitative estimate of drug-likeness (QED) is 0.728. The fourth-order valence-electron chi connectivity index (χ4n) is 3.10. The fourth-order valence-corrected chi connectivity index (χ4v) is 3.10. The van der Waals surface area contributed by atoms with E-state index in [2.05, 4.69) is 20.5 Å². The van der Waals surface area contributed by atoms with Crippen LogP contribution in [-0.4, -0.2) is 54.2 Å². The topological polar surface area (TPSA) is 99.9 Å². The van der Waals surface area contributed by atoms with Crippen molar-refractivity contribution >= 4 is 5.91 Å². The molecule has 8 heteroatoms. The molecule has 3 heterocycles. The molecule has 0 unspecified atom stereocenters. The number of aliphatic hydroxyl groups is 1. The molecule has 1 aromatic carbocycles. The van der Waals surface area contributed by atoms with E-state index < -0.39 is 5.60 Å². The Morgan fingerprint density at radius 2 is 2.12 bits per heavy atom. The zero-order chi connectivity index (χ0) is 17.3. The van der Waals surface area contributed by atoms with Crippen molar-refractivity contribution in [3.8, 4) is 5.69 Å². The molecule has 128 valence electrons. The minimum atomic E-state index is -1.13. The van der Waals surface area contributed by atoms with E-state index in [9.17, 15) is 9.90 Å². The zero-order valence-corrected chi connectivity index (χ0v) is 13.5. The highest BCUT2D eigenvalue weighted by Gasteiger charge is 2.41. The lowest BCUT2D eigenvalue weighted by atomic mass is 10.00. The Kier molecular flexibility index (Phi) is 3.81. The normalized spacial score (nSPS) is 20.1. The summed E-state index contributed by atoms with van der Waals surface area (Å²) in [7, 11) is 0. The monoisotopic (exact) mass is 338 g/mol. The van der Waals surface area contributed by atoms with Crippen molar-refractivity contribution in [2.45, 2.75) is 18.4 Å². The molecule has 1 amide bonds. The van der Waals surface area contributed by atoms with E-state index in [1.54, 1.807) is 15.8 Å². The summed E-state index contributed by atoms with van der Waals surface area (Å²) in [5, 5.41) is 25.1. The molecule has 4 rings (SSSR count). The van der Waals surface area contributed by atoms with Crippen LogP contribution in [0.15, 0.2) is 48.9 Å². The van der Waals surface area contributed by atoms with Gasteiger partial charge in [-0.05, 0) is 17.7 Å². The van der Waals surface area contributed by atoms with Gasteiger partial charge in [0.05, 0.1) is 31.0 Å². The smallest absolute Gasteiger partial charge is 0.227 e. The molecule has 0 spiro atoms. The van der Waals surface area contributed by atoms with Crippen LogP contribution in [0.5, 0.6) is 0 Å². The molecule has 0 bridgehead atoms. The molecule has 1 aliphatic heterocycles. The second-order valence-corrected chi connectivity index (χ2v) is 6.26. The Morgan fingerprint density at radius 3 is 2.88 bits per heavy atom. The third-order valence-electron chi connectivity index (χ3n) is 4.50. The molecule has 0 aliphatic carbocycles. The van der Waals surface area contributed by atoms with Gasteiger partial charge in [-0.1, -0.05) is 18.2 Å². The van der Waals surface area contributed by atoms with Gasteiger partial charge in [-0.3, -0.25) is 4.79 Å². The Bertz CT molecular complexity index is 860. The number of para-hydroxylation sites is 1. The first-order valence-electron chi connectivity index (χ1n) is 8.09. The van der Waals surface area contributed by atoms with Gasteiger partial charge in [-0.25, -0.2) is 4.68 Å². The predicted molar refractivity (Wildman–Crippen MR) is 88.7 cm³/mol. The number of likely N-dealkylation sites (tertiary alicyclic amines) is 1. The van der Waals surface area contributed by atoms with Gasteiger partial charge in [0.15, 0.2) is 0 Å². The molecule has 0 saturated carbocycles. The number of aromatic nitrogens is 5. The number of rotatable bonds is 4. The van der Waals surface area contributed by atoms with E-state index >= 15 is 0 Å². The van der Waals surface area contributed by atoms with Gasteiger partial charge in [0.2, 0.25) is 5.91 Å². The van der Waals surface area contributed by atoms with Crippen LogP contribution >= 0.6 is 0 Å². The highest BCUT2D eigenvalue weighted by Crippen LogP contribution is 2.30. The number of β-amino-alcohol motifs (C(OH)–C–C–N with tert-alkyl or cyclic N) is 1. The first-order valence-corrected chi connectivity index (χ1v) is 8.09. The maximum Gasteiger partial charge on any atom is 0.227 e. The third-order valence-corrected chi connectivity index (χ3v) is 4.50. The summed E-state index contributed by atoms with van der Waals surface area (Å²) in [6.45, 7) is 0.722. The molecule has 2 N–H and O–H groups in total. The van der Waals surface area contributed by atoms with Crippen LogP contribution in [-0.2, 0) is 16.8 Å². The van der Waals surface area contributed by atoms with Crippen LogP contribution in [0.1, 0.15) is 17.7 Å². The predicted octanol–water partition coefficient (Wildman–Crippen LogP) is 0.653. The molecule has 1 aliphatic rings. The number of aromatic amines is 1. The SMILES string of the molecule is O=C(Cc1cnn(-c2ccccc2)c1)N1CC[C@@](O)(c2cn[nH]n2)C1. The number of carbonyl (C=O) groups excluding carboxylic acids is 1. The van der Waals surface area contributed by atoms with Crippen molar-refractivity contribution in [1.82, 2.24) is 30.1 Å². The Morgan fingerprint density at radius 1 is 1.28 bits per heavy atom. The second kappa shape index (κ2) is 6.14. The molecule has 3 aromatic rings. The summed E-state index contributed by atoms with van der Waals surface area (Å²) >= 11 is 0. The van der Waals surface area contributed by atoms with Crippen LogP contribution in [0.2, 0.25) is 0 Å². The number of hydrogen-bond acceptors (Lipinski definition) is 5. The van der Waals surface area contributed by atoms with Gasteiger partial charge in [-0.15, -0.1) is 0 Å². The number of H-pyrrole nitrogens is 1. The van der Waals surface area contributed by atoms with Gasteiger partial charge in [-0.2, -0.15) is 20.5 Å². The molecule has 1 saturated heterocycles. The van der Waals surface area contributed by atoms with E-state index in [0.717, 1.165) is 11.3 Å². The number of amides is 1. The zero-order valence-electron chi connectivity index (χ0n) is 13.5. The van der Waals surface area contributed by atoms with Crippen molar-refractivity contribution < 1.29 is 9.90 Å². The third kappa shape index (κ3) is 3.03. The van der Waals surface area contributed by atoms with E-state index in [0.29, 0.717) is 18.7 Å². The molecule has 2 aromatic heterocycles. The lowest BCUT2D eigenvalue weighted by molar-refractivity contribution is -0.130. The maximum atomic E-state index is 12.6. The van der Waals surface area contributed by atoms with E-state index in [1.807, 2.05) is 36.5 Å². The van der Waals surface area contributed by atoms with E-state index in [1.165, 1.54) is 6.20 Å². The van der Waals surface area contributed by atoms with Gasteiger partial charge >= 0.3 is 0 Å². The molecule has 25 heavy (non-hydrogen) atoms. The summed E-state index contributed by atoms with van der Waals surface area (Å²) in [5.41, 5.74) is 1.13. The lowest BCUT2D eigenvalue weighted by Gasteiger charge is -2.20. The highest BCUT2D eigenvalue weighted by molar-refractivity contribution is 5.79. The Balaban J connectivity index is 1.42. The van der Waals surface area contributed by atoms with Crippen LogP contribution < -0.4 is 0 Å². The second-order valence-electron chi connectivity index (χ2n) is 6.26. The van der Waals surface area contributed by atoms with E-state index in [4.69, 9.17) is 0 Å². The van der Waals surface area contributed by atoms with Crippen LogP contribution in [0.25, 0.3) is 5.69 Å². The molecular weight excluding hydrogens is 320 g/mol. The van der Waals surface area contributed by atoms with Gasteiger partial charge in [0.25, 0.3) is 0 Å². The largest absolute Gasteiger partial charge is 0.381 e.